The molecule has 0 aliphatic carbocycles. The smallest absolute Gasteiger partial charge is 0.0614 e. The molecule has 0 spiro atoms. The molecule has 0 fully saturated rings. The third-order valence-corrected chi connectivity index (χ3v) is 2.44. The van der Waals surface area contributed by atoms with Crippen molar-refractivity contribution in [3.63, 3.8) is 0 Å². The van der Waals surface area contributed by atoms with Crippen LogP contribution in [-0.2, 0) is 0 Å². The van der Waals surface area contributed by atoms with Crippen LogP contribution in [0.5, 0.6) is 0 Å². The summed E-state index contributed by atoms with van der Waals surface area (Å²) in [5.41, 5.74) is 1.60. The predicted octanol–water partition coefficient (Wildman–Crippen LogP) is 2.05. The van der Waals surface area contributed by atoms with Crippen LogP contribution in [0.2, 0.25) is 0 Å². The third-order valence-electron chi connectivity index (χ3n) is 2.27. The van der Waals surface area contributed by atoms with Gasteiger partial charge in [-0.3, -0.25) is 0 Å². The van der Waals surface area contributed by atoms with E-state index in [4.69, 9.17) is 0 Å². The molecule has 0 amide bonds. The van der Waals surface area contributed by atoms with E-state index < -0.39 is 0 Å². The van der Waals surface area contributed by atoms with Crippen molar-refractivity contribution in [3.8, 4) is 0 Å². The Morgan fingerprint density at radius 3 is 2.38 bits per heavy atom. The highest BCUT2D eigenvalue weighted by Crippen LogP contribution is 1.97. The lowest BCUT2D eigenvalue weighted by molar-refractivity contribution is 0.296. The molecule has 0 aromatic carbocycles. The van der Waals surface area contributed by atoms with Gasteiger partial charge in [0.1, 0.15) is 0 Å². The fraction of sp³-hybridized carbons (Fsp3) is 0.900. The van der Waals surface area contributed by atoms with Gasteiger partial charge in [0.05, 0.1) is 5.49 Å². The van der Waals surface area contributed by atoms with Gasteiger partial charge in [-0.1, -0.05) is 32.5 Å². The lowest BCUT2D eigenvalue weighted by Gasteiger charge is -2.17. The van der Waals surface area contributed by atoms with Crippen molar-refractivity contribution in [2.75, 3.05) is 26.2 Å². The van der Waals surface area contributed by atoms with Crippen LogP contribution in [0.15, 0.2) is 0 Å². The van der Waals surface area contributed by atoms with E-state index in [9.17, 15) is 0 Å². The SMILES string of the molecule is CCN(CC)CCCCCNC=S. The summed E-state index contributed by atoms with van der Waals surface area (Å²) in [6.45, 7) is 9.06. The van der Waals surface area contributed by atoms with Crippen LogP contribution in [-0.4, -0.2) is 36.6 Å². The number of hydrogen-bond acceptors (Lipinski definition) is 2. The van der Waals surface area contributed by atoms with E-state index in [1.807, 2.05) is 0 Å². The van der Waals surface area contributed by atoms with Gasteiger partial charge in [-0.25, -0.2) is 0 Å². The van der Waals surface area contributed by atoms with E-state index in [1.54, 1.807) is 5.49 Å². The topological polar surface area (TPSA) is 15.3 Å². The van der Waals surface area contributed by atoms with Gasteiger partial charge in [-0.2, -0.15) is 0 Å². The molecule has 0 saturated carbocycles. The van der Waals surface area contributed by atoms with E-state index in [2.05, 4.69) is 36.3 Å². The third kappa shape index (κ3) is 8.19. The number of hydrogen-bond donors (Lipinski definition) is 1. The average molecular weight is 202 g/mol. The van der Waals surface area contributed by atoms with Crippen molar-refractivity contribution in [3.05, 3.63) is 0 Å². The van der Waals surface area contributed by atoms with Gasteiger partial charge in [0.15, 0.2) is 0 Å². The molecule has 3 heteroatoms. The standard InChI is InChI=1S/C10H22N2S/c1-3-12(4-2)9-7-5-6-8-11-10-13/h10H,3-9H2,1-2H3,(H,11,13). The highest BCUT2D eigenvalue weighted by atomic mass is 32.1. The van der Waals surface area contributed by atoms with Crippen LogP contribution >= 0.6 is 12.2 Å². The molecule has 0 saturated heterocycles. The summed E-state index contributed by atoms with van der Waals surface area (Å²) in [4.78, 5) is 2.46. The van der Waals surface area contributed by atoms with Crippen molar-refractivity contribution in [1.82, 2.24) is 10.2 Å². The molecule has 0 aromatic heterocycles. The van der Waals surface area contributed by atoms with E-state index in [-0.39, 0.29) is 0 Å². The van der Waals surface area contributed by atoms with E-state index in [1.165, 1.54) is 38.9 Å². The van der Waals surface area contributed by atoms with Crippen LogP contribution in [0.3, 0.4) is 0 Å². The molecule has 0 aromatic rings. The fourth-order valence-electron chi connectivity index (χ4n) is 1.34. The summed E-state index contributed by atoms with van der Waals surface area (Å²) < 4.78 is 0. The first-order chi connectivity index (χ1) is 6.35. The molecule has 0 bridgehead atoms. The van der Waals surface area contributed by atoms with E-state index >= 15 is 0 Å². The number of unbranched alkanes of at least 4 members (excludes halogenated alkanes) is 2. The van der Waals surface area contributed by atoms with Gasteiger partial charge in [-0.15, -0.1) is 0 Å². The Morgan fingerprint density at radius 2 is 1.85 bits per heavy atom. The number of rotatable bonds is 9. The average Bonchev–Trinajstić information content (AvgIpc) is 2.17. The van der Waals surface area contributed by atoms with E-state index in [0.717, 1.165) is 6.54 Å². The van der Waals surface area contributed by atoms with Crippen LogP contribution in [0.1, 0.15) is 33.1 Å². The molecule has 2 nitrogen and oxygen atoms in total. The summed E-state index contributed by atoms with van der Waals surface area (Å²) in [7, 11) is 0. The summed E-state index contributed by atoms with van der Waals surface area (Å²) in [5.74, 6) is 0. The molecule has 0 rings (SSSR count). The molecule has 0 heterocycles. The van der Waals surface area contributed by atoms with Gasteiger partial charge in [0.2, 0.25) is 0 Å². The maximum Gasteiger partial charge on any atom is 0.0614 e. The second-order valence-electron chi connectivity index (χ2n) is 3.16. The van der Waals surface area contributed by atoms with Gasteiger partial charge < -0.3 is 10.2 Å². The number of thiocarbonyl (C=S) groups is 1. The van der Waals surface area contributed by atoms with Gasteiger partial charge >= 0.3 is 0 Å². The van der Waals surface area contributed by atoms with Crippen molar-refractivity contribution in [2.24, 2.45) is 0 Å². The normalized spacial score (nSPS) is 10.4. The van der Waals surface area contributed by atoms with Crippen molar-refractivity contribution < 1.29 is 0 Å². The monoisotopic (exact) mass is 202 g/mol. The molecule has 0 aliphatic heterocycles. The molecular formula is C10H22N2S. The quantitative estimate of drug-likeness (QED) is 0.455. The van der Waals surface area contributed by atoms with Gasteiger partial charge in [-0.05, 0) is 32.5 Å². The lowest BCUT2D eigenvalue weighted by Crippen LogP contribution is -2.24. The maximum absolute atomic E-state index is 4.66. The predicted molar refractivity (Wildman–Crippen MR) is 63.3 cm³/mol. The van der Waals surface area contributed by atoms with Crippen LogP contribution in [0.4, 0.5) is 0 Å². The zero-order valence-electron chi connectivity index (χ0n) is 8.88. The summed E-state index contributed by atoms with van der Waals surface area (Å²) in [6.07, 6.45) is 3.84. The van der Waals surface area contributed by atoms with Gasteiger partial charge in [0, 0.05) is 6.54 Å². The Labute approximate surface area is 87.7 Å². The zero-order valence-corrected chi connectivity index (χ0v) is 9.70. The van der Waals surface area contributed by atoms with Crippen LogP contribution in [0.25, 0.3) is 0 Å². The molecule has 0 unspecified atom stereocenters. The Kier molecular flexibility index (Phi) is 9.82. The highest BCUT2D eigenvalue weighted by molar-refractivity contribution is 7.78. The molecule has 78 valence electrons. The van der Waals surface area contributed by atoms with E-state index in [0.29, 0.717) is 0 Å². The van der Waals surface area contributed by atoms with Crippen LogP contribution < -0.4 is 5.32 Å². The minimum Gasteiger partial charge on any atom is -0.382 e. The molecule has 0 atom stereocenters. The number of nitrogens with one attached hydrogen (secondary N) is 1. The minimum atomic E-state index is 1.03. The molecule has 0 aliphatic rings. The number of nitrogens with zero attached hydrogens (tertiary/aromatic N) is 1. The maximum atomic E-state index is 4.66. The Balaban J connectivity index is 3.09. The lowest BCUT2D eigenvalue weighted by atomic mass is 10.2. The van der Waals surface area contributed by atoms with Gasteiger partial charge in [0.25, 0.3) is 0 Å². The van der Waals surface area contributed by atoms with Crippen molar-refractivity contribution >= 4 is 17.7 Å². The minimum absolute atomic E-state index is 1.03. The largest absolute Gasteiger partial charge is 0.382 e. The summed E-state index contributed by atoms with van der Waals surface area (Å²) in [6, 6.07) is 0. The van der Waals surface area contributed by atoms with Crippen molar-refractivity contribution in [2.45, 2.75) is 33.1 Å². The first-order valence-electron chi connectivity index (χ1n) is 5.24. The Bertz CT molecular complexity index is 113. The van der Waals surface area contributed by atoms with Crippen molar-refractivity contribution in [1.29, 1.82) is 0 Å². The van der Waals surface area contributed by atoms with Crippen LogP contribution in [0, 0.1) is 0 Å². The second-order valence-corrected chi connectivity index (χ2v) is 3.40. The summed E-state index contributed by atoms with van der Waals surface area (Å²) >= 11 is 4.66. The fourth-order valence-corrected chi connectivity index (χ4v) is 1.46. The first kappa shape index (κ1) is 12.8. The zero-order chi connectivity index (χ0) is 9.94. The molecule has 0 radical (unpaired) electrons. The molecule has 13 heavy (non-hydrogen) atoms. The highest BCUT2D eigenvalue weighted by Gasteiger charge is 1.97. The Morgan fingerprint density at radius 1 is 1.15 bits per heavy atom. The first-order valence-corrected chi connectivity index (χ1v) is 5.71. The Hall–Kier alpha value is -0.150. The molecular weight excluding hydrogens is 180 g/mol. The summed E-state index contributed by atoms with van der Waals surface area (Å²) in [5, 5.41) is 3.04. The second kappa shape index (κ2) is 9.93. The molecule has 1 N–H and O–H groups in total.